The molecular formula is C38H61NO6. The summed E-state index contributed by atoms with van der Waals surface area (Å²) in [6.07, 6.45) is 11.2. The number of fused-ring (bicyclic) bond motifs is 6. The second kappa shape index (κ2) is 11.9. The van der Waals surface area contributed by atoms with Crippen LogP contribution in [0.1, 0.15) is 113 Å². The van der Waals surface area contributed by atoms with Crippen molar-refractivity contribution < 1.29 is 28.8 Å². The smallest absolute Gasteiger partial charge is 0.410 e. The first-order valence-corrected chi connectivity index (χ1v) is 18.0. The number of rotatable bonds is 7. The van der Waals surface area contributed by atoms with E-state index in [1.165, 1.54) is 24.0 Å². The number of ether oxygens (including phenoxy) is 4. The molecule has 2 heterocycles. The SMILES string of the molecule is COC(C)(C)COC(C)(C)CCOC(=O)N1CC(C)CC2OC3(CCC4C(=C3C)CC3C4CC=C4CC(O)CCC43C)C(C)C21. The molecule has 10 atom stereocenters. The van der Waals surface area contributed by atoms with Gasteiger partial charge in [0.15, 0.2) is 0 Å². The van der Waals surface area contributed by atoms with Crippen LogP contribution in [-0.4, -0.2) is 78.0 Å². The normalized spacial score (nSPS) is 41.4. The van der Waals surface area contributed by atoms with Gasteiger partial charge in [-0.05, 0) is 121 Å². The third-order valence-electron chi connectivity index (χ3n) is 13.5. The summed E-state index contributed by atoms with van der Waals surface area (Å²) in [6.45, 7) is 19.1. The molecule has 1 N–H and O–H groups in total. The molecule has 10 unspecified atom stereocenters. The zero-order valence-corrected chi connectivity index (χ0v) is 29.6. The number of hydrogen-bond donors (Lipinski definition) is 1. The van der Waals surface area contributed by atoms with Gasteiger partial charge < -0.3 is 29.0 Å². The Kier molecular flexibility index (Phi) is 8.88. The minimum absolute atomic E-state index is 0.0295. The van der Waals surface area contributed by atoms with Gasteiger partial charge in [0.2, 0.25) is 0 Å². The standard InChI is InChI=1S/C38H61NO6/c1-23-18-32-33(39(21-23)34(41)43-17-16-35(4,5)44-22-36(6,7)42-9)25(3)38(45-32)15-13-28-29-11-10-26-19-27(40)12-14-37(26,8)31(29)20-30(28)24(38)2/h10,23,25,27-29,31-33,40H,11-22H2,1-9H3. The molecule has 45 heavy (non-hydrogen) atoms. The zero-order valence-electron chi connectivity index (χ0n) is 29.6. The number of allylic oxidation sites excluding steroid dienone is 2. The van der Waals surface area contributed by atoms with E-state index in [0.717, 1.165) is 38.5 Å². The van der Waals surface area contributed by atoms with Crippen LogP contribution in [0.2, 0.25) is 0 Å². The van der Waals surface area contributed by atoms with Gasteiger partial charge >= 0.3 is 6.09 Å². The number of methoxy groups -OCH3 is 1. The van der Waals surface area contributed by atoms with Crippen molar-refractivity contribution in [2.45, 2.75) is 148 Å². The van der Waals surface area contributed by atoms with Gasteiger partial charge in [0.25, 0.3) is 0 Å². The van der Waals surface area contributed by atoms with Crippen LogP contribution in [0.5, 0.6) is 0 Å². The van der Waals surface area contributed by atoms with Gasteiger partial charge in [0, 0.05) is 26.0 Å². The second-order valence-corrected chi connectivity index (χ2v) is 17.2. The summed E-state index contributed by atoms with van der Waals surface area (Å²) in [5, 5.41) is 10.4. The lowest BCUT2D eigenvalue weighted by Crippen LogP contribution is -2.54. The van der Waals surface area contributed by atoms with Crippen molar-refractivity contribution in [3.8, 4) is 0 Å². The van der Waals surface area contributed by atoms with Gasteiger partial charge in [0.05, 0.1) is 48.3 Å². The number of amides is 1. The van der Waals surface area contributed by atoms with Crippen LogP contribution in [0.4, 0.5) is 4.79 Å². The monoisotopic (exact) mass is 627 g/mol. The number of likely N-dealkylation sites (tertiary alicyclic amines) is 1. The summed E-state index contributed by atoms with van der Waals surface area (Å²) >= 11 is 0. The van der Waals surface area contributed by atoms with Crippen LogP contribution in [-0.2, 0) is 18.9 Å². The van der Waals surface area contributed by atoms with Crippen molar-refractivity contribution in [2.24, 2.45) is 35.0 Å². The largest absolute Gasteiger partial charge is 0.449 e. The highest BCUT2D eigenvalue weighted by atomic mass is 16.6. The zero-order chi connectivity index (χ0) is 32.5. The molecule has 2 aliphatic heterocycles. The molecule has 7 heteroatoms. The Morgan fingerprint density at radius 2 is 1.89 bits per heavy atom. The Morgan fingerprint density at radius 1 is 1.13 bits per heavy atom. The summed E-state index contributed by atoms with van der Waals surface area (Å²) in [6, 6.07) is 0.0295. The Bertz CT molecular complexity index is 1210. The molecule has 1 spiro atoms. The number of aliphatic hydroxyl groups excluding tert-OH is 1. The highest BCUT2D eigenvalue weighted by Crippen LogP contribution is 2.65. The number of carbonyl (C=O) groups excluding carboxylic acids is 1. The molecule has 254 valence electrons. The summed E-state index contributed by atoms with van der Waals surface area (Å²) in [5.41, 5.74) is 3.77. The average molecular weight is 628 g/mol. The first-order valence-electron chi connectivity index (χ1n) is 18.0. The Balaban J connectivity index is 1.16. The van der Waals surface area contributed by atoms with Crippen molar-refractivity contribution in [3.05, 3.63) is 22.8 Å². The summed E-state index contributed by atoms with van der Waals surface area (Å²) < 4.78 is 24.8. The van der Waals surface area contributed by atoms with Crippen LogP contribution < -0.4 is 0 Å². The molecule has 1 amide bonds. The molecule has 2 saturated heterocycles. The van der Waals surface area contributed by atoms with E-state index in [0.29, 0.717) is 49.9 Å². The summed E-state index contributed by atoms with van der Waals surface area (Å²) in [7, 11) is 1.70. The fourth-order valence-electron chi connectivity index (χ4n) is 10.5. The van der Waals surface area contributed by atoms with Gasteiger partial charge in [-0.15, -0.1) is 0 Å². The number of nitrogens with zero attached hydrogens (tertiary/aromatic N) is 1. The minimum Gasteiger partial charge on any atom is -0.449 e. The summed E-state index contributed by atoms with van der Waals surface area (Å²) in [5.74, 6) is 2.58. The first-order chi connectivity index (χ1) is 21.1. The van der Waals surface area contributed by atoms with Crippen LogP contribution in [0, 0.1) is 35.0 Å². The molecule has 0 aromatic rings. The molecule has 4 fully saturated rings. The second-order valence-electron chi connectivity index (χ2n) is 17.2. The topological polar surface area (TPSA) is 77.5 Å². The Labute approximate surface area is 272 Å². The maximum Gasteiger partial charge on any atom is 0.410 e. The van der Waals surface area contributed by atoms with E-state index >= 15 is 0 Å². The molecule has 0 aromatic heterocycles. The maximum absolute atomic E-state index is 13.7. The lowest BCUT2D eigenvalue weighted by atomic mass is 9.56. The summed E-state index contributed by atoms with van der Waals surface area (Å²) in [4.78, 5) is 15.7. The van der Waals surface area contributed by atoms with Gasteiger partial charge in [-0.2, -0.15) is 0 Å². The van der Waals surface area contributed by atoms with Crippen molar-refractivity contribution in [3.63, 3.8) is 0 Å². The maximum atomic E-state index is 13.7. The fourth-order valence-corrected chi connectivity index (χ4v) is 10.5. The quantitative estimate of drug-likeness (QED) is 0.295. The van der Waals surface area contributed by atoms with E-state index in [1.807, 2.05) is 32.6 Å². The van der Waals surface area contributed by atoms with Gasteiger partial charge in [-0.3, -0.25) is 0 Å². The number of piperidine rings is 1. The van der Waals surface area contributed by atoms with E-state index < -0.39 is 5.60 Å². The molecule has 7 nitrogen and oxygen atoms in total. The highest BCUT2D eigenvalue weighted by molar-refractivity contribution is 5.68. The molecule has 2 saturated carbocycles. The van der Waals surface area contributed by atoms with Crippen LogP contribution in [0.15, 0.2) is 22.8 Å². The first kappa shape index (κ1) is 33.5. The number of hydrogen-bond acceptors (Lipinski definition) is 6. The Morgan fingerprint density at radius 3 is 2.62 bits per heavy atom. The molecule has 6 aliphatic rings. The van der Waals surface area contributed by atoms with Gasteiger partial charge in [-0.25, -0.2) is 4.79 Å². The molecular weight excluding hydrogens is 566 g/mol. The lowest BCUT2D eigenvalue weighted by Gasteiger charge is -2.49. The van der Waals surface area contributed by atoms with E-state index in [-0.39, 0.29) is 46.9 Å². The highest BCUT2D eigenvalue weighted by Gasteiger charge is 2.62. The van der Waals surface area contributed by atoms with E-state index in [9.17, 15) is 9.90 Å². The predicted octanol–water partition coefficient (Wildman–Crippen LogP) is 7.46. The molecule has 4 aliphatic carbocycles. The number of carbonyl (C=O) groups is 1. The molecule has 6 rings (SSSR count). The lowest BCUT2D eigenvalue weighted by molar-refractivity contribution is -0.113. The average Bonchev–Trinajstić information content (AvgIpc) is 3.50. The van der Waals surface area contributed by atoms with Crippen LogP contribution in [0.3, 0.4) is 0 Å². The van der Waals surface area contributed by atoms with Gasteiger partial charge in [-0.1, -0.05) is 38.0 Å². The minimum atomic E-state index is -0.424. The Hall–Kier alpha value is -1.41. The number of aliphatic hydroxyl groups is 1. The van der Waals surface area contributed by atoms with Crippen molar-refractivity contribution in [1.29, 1.82) is 0 Å². The fraction of sp³-hybridized carbons (Fsp3) is 0.868. The van der Waals surface area contributed by atoms with Crippen LogP contribution >= 0.6 is 0 Å². The van der Waals surface area contributed by atoms with Gasteiger partial charge in [0.1, 0.15) is 0 Å². The third-order valence-corrected chi connectivity index (χ3v) is 13.5. The molecule has 0 bridgehead atoms. The van der Waals surface area contributed by atoms with E-state index in [2.05, 4.69) is 33.8 Å². The van der Waals surface area contributed by atoms with Crippen molar-refractivity contribution >= 4 is 6.09 Å². The van der Waals surface area contributed by atoms with Crippen molar-refractivity contribution in [1.82, 2.24) is 4.90 Å². The van der Waals surface area contributed by atoms with E-state index in [1.54, 1.807) is 12.7 Å². The van der Waals surface area contributed by atoms with Crippen LogP contribution in [0.25, 0.3) is 0 Å². The molecule has 0 radical (unpaired) electrons. The predicted molar refractivity (Wildman–Crippen MR) is 176 cm³/mol. The third kappa shape index (κ3) is 5.84. The molecule has 0 aromatic carbocycles. The van der Waals surface area contributed by atoms with E-state index in [4.69, 9.17) is 18.9 Å². The van der Waals surface area contributed by atoms with Crippen molar-refractivity contribution in [2.75, 3.05) is 26.9 Å².